The number of nitrogens with zero attached hydrogens (tertiary/aromatic N) is 6. The molecular weight excluding hydrogens is 316 g/mol. The molecule has 0 aliphatic carbocycles. The van der Waals surface area contributed by atoms with Crippen LogP contribution in [0.4, 0.5) is 0 Å². The van der Waals surface area contributed by atoms with Crippen molar-refractivity contribution >= 4 is 11.3 Å². The fourth-order valence-electron chi connectivity index (χ4n) is 2.59. The Morgan fingerprint density at radius 2 is 2.39 bits per heavy atom. The van der Waals surface area contributed by atoms with Crippen molar-refractivity contribution in [1.29, 1.82) is 0 Å². The molecule has 1 atom stereocenters. The van der Waals surface area contributed by atoms with Crippen molar-refractivity contribution in [3.63, 3.8) is 0 Å². The molecule has 120 valence electrons. The highest BCUT2D eigenvalue weighted by Gasteiger charge is 2.23. The second-order valence-electron chi connectivity index (χ2n) is 5.37. The van der Waals surface area contributed by atoms with Gasteiger partial charge in [0.1, 0.15) is 12.7 Å². The Bertz CT molecular complexity index is 726. The van der Waals surface area contributed by atoms with Crippen LogP contribution in [0.25, 0.3) is 11.4 Å². The lowest BCUT2D eigenvalue weighted by Crippen LogP contribution is -2.43. The molecule has 9 heteroatoms. The van der Waals surface area contributed by atoms with Gasteiger partial charge in [0.15, 0.2) is 0 Å². The lowest BCUT2D eigenvalue weighted by atomic mass is 10.2. The molecule has 0 saturated carbocycles. The first kappa shape index (κ1) is 14.5. The third-order valence-corrected chi connectivity index (χ3v) is 4.37. The standard InChI is InChI=1S/C14H16N6O2S/c1-4-23-8-11(1)14-17-13(22-18-14)7-19-2-3-21-12(5-19)6-20-10-15-9-16-20/h1,4,8-10,12H,2-3,5-7H2/t12-/m1/s1. The van der Waals surface area contributed by atoms with Crippen LogP contribution in [0.5, 0.6) is 0 Å². The first-order valence-electron chi connectivity index (χ1n) is 7.38. The van der Waals surface area contributed by atoms with Gasteiger partial charge in [-0.3, -0.25) is 9.58 Å². The fraction of sp³-hybridized carbons (Fsp3) is 0.429. The zero-order chi connectivity index (χ0) is 15.5. The number of rotatable bonds is 5. The number of hydrogen-bond donors (Lipinski definition) is 0. The van der Waals surface area contributed by atoms with Crippen molar-refractivity contribution in [1.82, 2.24) is 29.8 Å². The molecule has 0 unspecified atom stereocenters. The molecule has 0 amide bonds. The maximum atomic E-state index is 5.79. The molecule has 8 nitrogen and oxygen atoms in total. The van der Waals surface area contributed by atoms with Gasteiger partial charge < -0.3 is 9.26 Å². The van der Waals surface area contributed by atoms with Crippen molar-refractivity contribution < 1.29 is 9.26 Å². The molecule has 0 N–H and O–H groups in total. The van der Waals surface area contributed by atoms with E-state index in [2.05, 4.69) is 25.1 Å². The summed E-state index contributed by atoms with van der Waals surface area (Å²) in [7, 11) is 0. The van der Waals surface area contributed by atoms with Crippen LogP contribution in [0.1, 0.15) is 5.89 Å². The summed E-state index contributed by atoms with van der Waals surface area (Å²) in [5.41, 5.74) is 0.996. The van der Waals surface area contributed by atoms with Crippen LogP contribution in [0.2, 0.25) is 0 Å². The van der Waals surface area contributed by atoms with Gasteiger partial charge in [-0.05, 0) is 11.4 Å². The summed E-state index contributed by atoms with van der Waals surface area (Å²) >= 11 is 1.62. The molecule has 3 aromatic rings. The normalized spacial score (nSPS) is 19.2. The molecule has 3 aromatic heterocycles. The largest absolute Gasteiger partial charge is 0.374 e. The minimum Gasteiger partial charge on any atom is -0.374 e. The second-order valence-corrected chi connectivity index (χ2v) is 6.15. The van der Waals surface area contributed by atoms with Crippen LogP contribution in [-0.2, 0) is 17.8 Å². The highest BCUT2D eigenvalue weighted by molar-refractivity contribution is 7.08. The molecule has 1 aliphatic rings. The molecule has 0 radical (unpaired) electrons. The van der Waals surface area contributed by atoms with E-state index >= 15 is 0 Å². The van der Waals surface area contributed by atoms with E-state index in [0.29, 0.717) is 31.4 Å². The van der Waals surface area contributed by atoms with E-state index in [1.165, 1.54) is 6.33 Å². The van der Waals surface area contributed by atoms with Gasteiger partial charge in [0, 0.05) is 24.0 Å². The number of ether oxygens (including phenoxy) is 1. The molecule has 0 spiro atoms. The summed E-state index contributed by atoms with van der Waals surface area (Å²) in [4.78, 5) is 10.7. The Hall–Kier alpha value is -2.10. The Balaban J connectivity index is 1.37. The maximum absolute atomic E-state index is 5.79. The van der Waals surface area contributed by atoms with Gasteiger partial charge in [0.05, 0.1) is 25.8 Å². The van der Waals surface area contributed by atoms with E-state index in [0.717, 1.165) is 18.7 Å². The van der Waals surface area contributed by atoms with Gasteiger partial charge in [-0.2, -0.15) is 21.4 Å². The minimum atomic E-state index is 0.0877. The predicted molar refractivity (Wildman–Crippen MR) is 82.7 cm³/mol. The summed E-state index contributed by atoms with van der Waals surface area (Å²) < 4.78 is 12.9. The molecule has 0 bridgehead atoms. The maximum Gasteiger partial charge on any atom is 0.241 e. The van der Waals surface area contributed by atoms with Crippen molar-refractivity contribution in [3.8, 4) is 11.4 Å². The summed E-state index contributed by atoms with van der Waals surface area (Å²) in [6.45, 7) is 3.67. The van der Waals surface area contributed by atoms with Crippen LogP contribution >= 0.6 is 11.3 Å². The Morgan fingerprint density at radius 3 is 3.22 bits per heavy atom. The molecule has 0 aromatic carbocycles. The van der Waals surface area contributed by atoms with E-state index < -0.39 is 0 Å². The molecule has 1 aliphatic heterocycles. The van der Waals surface area contributed by atoms with Crippen LogP contribution in [-0.4, -0.2) is 55.6 Å². The number of morpholine rings is 1. The molecule has 1 saturated heterocycles. The van der Waals surface area contributed by atoms with Crippen LogP contribution in [0.3, 0.4) is 0 Å². The first-order valence-corrected chi connectivity index (χ1v) is 8.32. The molecule has 4 rings (SSSR count). The smallest absolute Gasteiger partial charge is 0.241 e. The number of aromatic nitrogens is 5. The Labute approximate surface area is 136 Å². The number of hydrogen-bond acceptors (Lipinski definition) is 8. The zero-order valence-electron chi connectivity index (χ0n) is 12.4. The lowest BCUT2D eigenvalue weighted by molar-refractivity contribution is -0.0426. The van der Waals surface area contributed by atoms with Crippen LogP contribution in [0.15, 0.2) is 34.0 Å². The van der Waals surface area contributed by atoms with E-state index in [1.54, 1.807) is 22.3 Å². The van der Waals surface area contributed by atoms with Crippen LogP contribution < -0.4 is 0 Å². The predicted octanol–water partition coefficient (Wildman–Crippen LogP) is 1.29. The number of thiophene rings is 1. The summed E-state index contributed by atoms with van der Waals surface area (Å²) in [5.74, 6) is 1.28. The second kappa shape index (κ2) is 6.57. The minimum absolute atomic E-state index is 0.0877. The Morgan fingerprint density at radius 1 is 1.39 bits per heavy atom. The van der Waals surface area contributed by atoms with Gasteiger partial charge in [-0.15, -0.1) is 0 Å². The van der Waals surface area contributed by atoms with E-state index in [9.17, 15) is 0 Å². The zero-order valence-corrected chi connectivity index (χ0v) is 13.2. The van der Waals surface area contributed by atoms with Crippen molar-refractivity contribution in [2.75, 3.05) is 19.7 Å². The molecule has 1 fully saturated rings. The summed E-state index contributed by atoms with van der Waals surface area (Å²) in [6, 6.07) is 1.99. The van der Waals surface area contributed by atoms with Gasteiger partial charge in [0.25, 0.3) is 0 Å². The lowest BCUT2D eigenvalue weighted by Gasteiger charge is -2.31. The summed E-state index contributed by atoms with van der Waals surface area (Å²) in [6.07, 6.45) is 3.32. The van der Waals surface area contributed by atoms with Gasteiger partial charge in [-0.1, -0.05) is 5.16 Å². The Kier molecular flexibility index (Phi) is 4.14. The van der Waals surface area contributed by atoms with Gasteiger partial charge in [-0.25, -0.2) is 4.98 Å². The quantitative estimate of drug-likeness (QED) is 0.696. The third-order valence-electron chi connectivity index (χ3n) is 3.69. The molecule has 4 heterocycles. The monoisotopic (exact) mass is 332 g/mol. The third kappa shape index (κ3) is 3.46. The van der Waals surface area contributed by atoms with E-state index in [1.807, 2.05) is 16.8 Å². The van der Waals surface area contributed by atoms with E-state index in [-0.39, 0.29) is 6.10 Å². The highest BCUT2D eigenvalue weighted by atomic mass is 32.1. The topological polar surface area (TPSA) is 82.1 Å². The highest BCUT2D eigenvalue weighted by Crippen LogP contribution is 2.19. The average molecular weight is 332 g/mol. The van der Waals surface area contributed by atoms with E-state index in [4.69, 9.17) is 9.26 Å². The van der Waals surface area contributed by atoms with Gasteiger partial charge in [0.2, 0.25) is 11.7 Å². The molecular formula is C14H16N6O2S. The average Bonchev–Trinajstić information content (AvgIpc) is 3.30. The SMILES string of the molecule is c1ncn(C[C@H]2CN(Cc3nc(-c4ccsc4)no3)CCO2)n1. The van der Waals surface area contributed by atoms with Crippen molar-refractivity contribution in [2.45, 2.75) is 19.2 Å². The van der Waals surface area contributed by atoms with Gasteiger partial charge >= 0.3 is 0 Å². The van der Waals surface area contributed by atoms with Crippen molar-refractivity contribution in [2.24, 2.45) is 0 Å². The van der Waals surface area contributed by atoms with Crippen LogP contribution in [0, 0.1) is 0 Å². The fourth-order valence-corrected chi connectivity index (χ4v) is 3.22. The van der Waals surface area contributed by atoms with Crippen molar-refractivity contribution in [3.05, 3.63) is 35.4 Å². The molecule has 23 heavy (non-hydrogen) atoms. The summed E-state index contributed by atoms with van der Waals surface area (Å²) in [5, 5.41) is 12.2. The first-order chi connectivity index (χ1) is 11.4.